The second-order valence-corrected chi connectivity index (χ2v) is 7.12. The fourth-order valence-electron chi connectivity index (χ4n) is 3.03. The van der Waals surface area contributed by atoms with E-state index < -0.39 is 0 Å². The lowest BCUT2D eigenvalue weighted by Crippen LogP contribution is -2.33. The first-order valence-corrected chi connectivity index (χ1v) is 9.02. The van der Waals surface area contributed by atoms with Crippen LogP contribution in [0.2, 0.25) is 0 Å². The highest BCUT2D eigenvalue weighted by Crippen LogP contribution is 2.23. The Morgan fingerprint density at radius 1 is 1.21 bits per heavy atom. The Balaban J connectivity index is 1.81. The number of aromatic nitrogens is 2. The van der Waals surface area contributed by atoms with Gasteiger partial charge in [0.15, 0.2) is 5.82 Å². The highest BCUT2D eigenvalue weighted by atomic mass is 15.0. The van der Waals surface area contributed by atoms with Gasteiger partial charge < -0.3 is 10.6 Å². The van der Waals surface area contributed by atoms with Crippen LogP contribution in [-0.2, 0) is 0 Å². The molecule has 1 aliphatic rings. The van der Waals surface area contributed by atoms with Gasteiger partial charge in [-0.05, 0) is 44.7 Å². The van der Waals surface area contributed by atoms with Gasteiger partial charge in [0.2, 0.25) is 0 Å². The second-order valence-electron chi connectivity index (χ2n) is 7.12. The van der Waals surface area contributed by atoms with E-state index in [1.165, 1.54) is 18.4 Å². The number of hydrogen-bond donors (Lipinski definition) is 2. The first-order chi connectivity index (χ1) is 11.6. The van der Waals surface area contributed by atoms with Gasteiger partial charge in [0.1, 0.15) is 5.82 Å². The number of aryl methyl sites for hydroxylation is 1. The van der Waals surface area contributed by atoms with Gasteiger partial charge in [-0.3, -0.25) is 0 Å². The van der Waals surface area contributed by atoms with Crippen LogP contribution in [0.4, 0.5) is 5.82 Å². The summed E-state index contributed by atoms with van der Waals surface area (Å²) in [6.45, 7) is 9.67. The van der Waals surface area contributed by atoms with Gasteiger partial charge >= 0.3 is 0 Å². The normalized spacial score (nSPS) is 17.9. The lowest BCUT2D eigenvalue weighted by Gasteiger charge is -2.23. The zero-order valence-electron chi connectivity index (χ0n) is 15.0. The van der Waals surface area contributed by atoms with Crippen LogP contribution < -0.4 is 10.6 Å². The van der Waals surface area contributed by atoms with E-state index in [-0.39, 0.29) is 0 Å². The predicted octanol–water partition coefficient (Wildman–Crippen LogP) is 3.99. The molecular formula is C20H28N4. The van der Waals surface area contributed by atoms with Crippen molar-refractivity contribution in [1.82, 2.24) is 15.3 Å². The molecule has 1 aromatic carbocycles. The molecule has 0 bridgehead atoms. The van der Waals surface area contributed by atoms with E-state index in [1.54, 1.807) is 0 Å². The number of nitrogens with zero attached hydrogens (tertiary/aromatic N) is 2. The molecule has 0 saturated carbocycles. The van der Waals surface area contributed by atoms with Crippen molar-refractivity contribution in [3.05, 3.63) is 41.6 Å². The van der Waals surface area contributed by atoms with E-state index in [0.29, 0.717) is 11.8 Å². The minimum atomic E-state index is 0.383. The summed E-state index contributed by atoms with van der Waals surface area (Å²) >= 11 is 0. The third-order valence-corrected chi connectivity index (χ3v) is 4.62. The van der Waals surface area contributed by atoms with E-state index in [1.807, 2.05) is 0 Å². The Labute approximate surface area is 145 Å². The van der Waals surface area contributed by atoms with Gasteiger partial charge in [-0.2, -0.15) is 0 Å². The second kappa shape index (κ2) is 7.75. The van der Waals surface area contributed by atoms with Crippen LogP contribution in [0.3, 0.4) is 0 Å². The molecule has 0 amide bonds. The highest BCUT2D eigenvalue weighted by molar-refractivity contribution is 5.58. The molecule has 1 atom stereocenters. The summed E-state index contributed by atoms with van der Waals surface area (Å²) in [7, 11) is 0. The summed E-state index contributed by atoms with van der Waals surface area (Å²) in [6, 6.07) is 10.5. The average molecular weight is 324 g/mol. The maximum atomic E-state index is 4.76. The maximum Gasteiger partial charge on any atom is 0.161 e. The number of rotatable bonds is 5. The van der Waals surface area contributed by atoms with Crippen LogP contribution in [0.5, 0.6) is 0 Å². The van der Waals surface area contributed by atoms with Gasteiger partial charge in [0.05, 0.1) is 0 Å². The Morgan fingerprint density at radius 3 is 2.67 bits per heavy atom. The minimum Gasteiger partial charge on any atom is -0.370 e. The first kappa shape index (κ1) is 16.9. The van der Waals surface area contributed by atoms with E-state index in [9.17, 15) is 0 Å². The minimum absolute atomic E-state index is 0.383. The van der Waals surface area contributed by atoms with Gasteiger partial charge in [0.25, 0.3) is 0 Å². The lowest BCUT2D eigenvalue weighted by molar-refractivity contribution is 0.392. The largest absolute Gasteiger partial charge is 0.370 e. The molecule has 1 fully saturated rings. The Hall–Kier alpha value is -1.94. The molecule has 2 aromatic rings. The standard InChI is InChI=1S/C20H28N4/c1-14(2)18-11-19(22-13-16-5-4-10-21-12-16)24-20(23-18)17-8-6-15(3)7-9-17/h6-9,11,14,16,21H,4-5,10,12-13H2,1-3H3,(H,22,23,24). The summed E-state index contributed by atoms with van der Waals surface area (Å²) < 4.78 is 0. The van der Waals surface area contributed by atoms with E-state index in [4.69, 9.17) is 9.97 Å². The van der Waals surface area contributed by atoms with Crippen molar-refractivity contribution in [1.29, 1.82) is 0 Å². The lowest BCUT2D eigenvalue weighted by atomic mass is 10.00. The molecule has 3 rings (SSSR count). The summed E-state index contributed by atoms with van der Waals surface area (Å²) in [4.78, 5) is 9.52. The first-order valence-electron chi connectivity index (χ1n) is 9.02. The third kappa shape index (κ3) is 4.32. The molecule has 1 saturated heterocycles. The van der Waals surface area contributed by atoms with Crippen molar-refractivity contribution in [2.24, 2.45) is 5.92 Å². The van der Waals surface area contributed by atoms with Crippen molar-refractivity contribution < 1.29 is 0 Å². The van der Waals surface area contributed by atoms with Gasteiger partial charge in [-0.25, -0.2) is 9.97 Å². The van der Waals surface area contributed by atoms with Crippen LogP contribution in [0, 0.1) is 12.8 Å². The molecule has 2 heterocycles. The van der Waals surface area contributed by atoms with Crippen LogP contribution in [0.1, 0.15) is 43.9 Å². The van der Waals surface area contributed by atoms with E-state index in [2.05, 4.69) is 61.7 Å². The van der Waals surface area contributed by atoms with Crippen LogP contribution in [0.15, 0.2) is 30.3 Å². The zero-order valence-corrected chi connectivity index (χ0v) is 15.0. The van der Waals surface area contributed by atoms with Crippen molar-refractivity contribution in [3.8, 4) is 11.4 Å². The highest BCUT2D eigenvalue weighted by Gasteiger charge is 2.14. The Morgan fingerprint density at radius 2 is 2.00 bits per heavy atom. The SMILES string of the molecule is Cc1ccc(-c2nc(NCC3CCCNC3)cc(C(C)C)n2)cc1. The van der Waals surface area contributed by atoms with Crippen LogP contribution >= 0.6 is 0 Å². The fourth-order valence-corrected chi connectivity index (χ4v) is 3.03. The predicted molar refractivity (Wildman–Crippen MR) is 100 cm³/mol. The van der Waals surface area contributed by atoms with Crippen molar-refractivity contribution in [2.75, 3.05) is 25.0 Å². The summed E-state index contributed by atoms with van der Waals surface area (Å²) in [5.74, 6) is 2.81. The Bertz CT molecular complexity index is 658. The molecule has 1 aromatic heterocycles. The molecule has 0 aliphatic carbocycles. The van der Waals surface area contributed by atoms with E-state index in [0.717, 1.165) is 42.5 Å². The molecule has 128 valence electrons. The molecule has 1 aliphatic heterocycles. The Kier molecular flexibility index (Phi) is 5.46. The number of anilines is 1. The number of piperidine rings is 1. The van der Waals surface area contributed by atoms with Crippen molar-refractivity contribution in [2.45, 2.75) is 39.5 Å². The fraction of sp³-hybridized carbons (Fsp3) is 0.500. The van der Waals surface area contributed by atoms with Gasteiger partial charge in [0, 0.05) is 23.9 Å². The molecule has 4 heteroatoms. The monoisotopic (exact) mass is 324 g/mol. The third-order valence-electron chi connectivity index (χ3n) is 4.62. The molecule has 4 nitrogen and oxygen atoms in total. The molecule has 24 heavy (non-hydrogen) atoms. The zero-order chi connectivity index (χ0) is 16.9. The van der Waals surface area contributed by atoms with Gasteiger partial charge in [-0.15, -0.1) is 0 Å². The smallest absolute Gasteiger partial charge is 0.161 e. The number of nitrogens with one attached hydrogen (secondary N) is 2. The van der Waals surface area contributed by atoms with Crippen molar-refractivity contribution in [3.63, 3.8) is 0 Å². The number of benzene rings is 1. The van der Waals surface area contributed by atoms with Crippen LogP contribution in [-0.4, -0.2) is 29.6 Å². The average Bonchev–Trinajstić information content (AvgIpc) is 2.61. The maximum absolute atomic E-state index is 4.76. The molecule has 0 radical (unpaired) electrons. The summed E-state index contributed by atoms with van der Waals surface area (Å²) in [5, 5.41) is 7.01. The van der Waals surface area contributed by atoms with Crippen molar-refractivity contribution >= 4 is 5.82 Å². The molecule has 1 unspecified atom stereocenters. The molecule has 0 spiro atoms. The van der Waals surface area contributed by atoms with Crippen LogP contribution in [0.25, 0.3) is 11.4 Å². The summed E-state index contributed by atoms with van der Waals surface area (Å²) in [5.41, 5.74) is 3.41. The molecule has 2 N–H and O–H groups in total. The quantitative estimate of drug-likeness (QED) is 0.873. The topological polar surface area (TPSA) is 49.8 Å². The van der Waals surface area contributed by atoms with E-state index >= 15 is 0 Å². The number of hydrogen-bond acceptors (Lipinski definition) is 4. The summed E-state index contributed by atoms with van der Waals surface area (Å²) in [6.07, 6.45) is 2.55. The van der Waals surface area contributed by atoms with Gasteiger partial charge in [-0.1, -0.05) is 43.7 Å². The molecular weight excluding hydrogens is 296 g/mol.